The zero-order valence-electron chi connectivity index (χ0n) is 14.1. The predicted molar refractivity (Wildman–Crippen MR) is 81.7 cm³/mol. The molecule has 11 atom stereocenters. The summed E-state index contributed by atoms with van der Waals surface area (Å²) in [5, 5.41) is 0. The maximum Gasteiger partial charge on any atom is 0.310 e. The molecule has 0 radical (unpaired) electrons. The van der Waals surface area contributed by atoms with Gasteiger partial charge < -0.3 is 14.2 Å². The highest BCUT2D eigenvalue weighted by Crippen LogP contribution is 2.61. The number of carbonyl (C=O) groups is 3. The molecule has 6 aliphatic rings. The lowest BCUT2D eigenvalue weighted by molar-refractivity contribution is -0.175. The molecule has 25 heavy (non-hydrogen) atoms. The van der Waals surface area contributed by atoms with Crippen LogP contribution in [0.25, 0.3) is 0 Å². The predicted octanol–water partition coefficient (Wildman–Crippen LogP) is 1.31. The molecule has 6 heteroatoms. The van der Waals surface area contributed by atoms with E-state index in [-0.39, 0.29) is 77.6 Å². The minimum Gasteiger partial charge on any atom is -0.462 e. The normalized spacial score (nSPS) is 56.9. The third-order valence-electron chi connectivity index (χ3n) is 8.15. The van der Waals surface area contributed by atoms with Crippen LogP contribution in [0.4, 0.5) is 0 Å². The molecule has 0 N–H and O–H groups in total. The first kappa shape index (κ1) is 14.6. The lowest BCUT2D eigenvalue weighted by Gasteiger charge is -2.35. The van der Waals surface area contributed by atoms with Gasteiger partial charge in [0.1, 0.15) is 18.3 Å². The van der Waals surface area contributed by atoms with Gasteiger partial charge in [-0.25, -0.2) is 0 Å². The fraction of sp³-hybridized carbons (Fsp3) is 0.842. The van der Waals surface area contributed by atoms with Crippen molar-refractivity contribution in [1.29, 1.82) is 0 Å². The second-order valence-electron chi connectivity index (χ2n) is 9.10. The van der Waals surface area contributed by atoms with Crippen LogP contribution >= 0.6 is 0 Å². The molecule has 0 spiro atoms. The van der Waals surface area contributed by atoms with Crippen LogP contribution in [0.2, 0.25) is 0 Å². The number of esters is 3. The van der Waals surface area contributed by atoms with Crippen molar-refractivity contribution in [2.24, 2.45) is 47.3 Å². The molecule has 2 saturated heterocycles. The lowest BCUT2D eigenvalue weighted by atomic mass is 9.75. The maximum atomic E-state index is 13.0. The molecule has 0 aromatic heterocycles. The Kier molecular flexibility index (Phi) is 2.66. The molecule has 6 fully saturated rings. The van der Waals surface area contributed by atoms with Crippen LogP contribution in [0.3, 0.4) is 0 Å². The largest absolute Gasteiger partial charge is 0.462 e. The van der Waals surface area contributed by atoms with Crippen LogP contribution in [0.1, 0.15) is 32.6 Å². The molecule has 4 saturated carbocycles. The molecule has 0 aromatic carbocycles. The number of hydrogen-bond donors (Lipinski definition) is 0. The van der Waals surface area contributed by atoms with Crippen molar-refractivity contribution < 1.29 is 28.6 Å². The first-order valence-electron chi connectivity index (χ1n) is 9.64. The van der Waals surface area contributed by atoms with Crippen LogP contribution in [-0.2, 0) is 28.6 Å². The average Bonchev–Trinajstić information content (AvgIpc) is 3.30. The minimum absolute atomic E-state index is 0.00591. The van der Waals surface area contributed by atoms with Crippen molar-refractivity contribution >= 4 is 17.9 Å². The molecule has 134 valence electrons. The van der Waals surface area contributed by atoms with E-state index in [1.165, 1.54) is 0 Å². The summed E-state index contributed by atoms with van der Waals surface area (Å²) >= 11 is 0. The van der Waals surface area contributed by atoms with Crippen molar-refractivity contribution in [3.63, 3.8) is 0 Å². The first-order chi connectivity index (χ1) is 12.0. The van der Waals surface area contributed by atoms with Gasteiger partial charge in [-0.1, -0.05) is 6.92 Å². The Hall–Kier alpha value is -1.59. The van der Waals surface area contributed by atoms with Crippen molar-refractivity contribution in [3.8, 4) is 0 Å². The maximum absolute atomic E-state index is 13.0. The van der Waals surface area contributed by atoms with Crippen LogP contribution in [0.5, 0.6) is 0 Å². The molecule has 4 aliphatic carbocycles. The van der Waals surface area contributed by atoms with Crippen molar-refractivity contribution in [2.75, 3.05) is 0 Å². The molecule has 2 aliphatic heterocycles. The standard InChI is InChI=1S/C19H22O6/c1-6-8-5-11-14(19(22)24-15(6)11)13(8)18(21)23-12-4-7-2-9-10(3-7)17(20)25-16(9)12/h6-16H,2-5H2,1H3. The second kappa shape index (κ2) is 4.57. The van der Waals surface area contributed by atoms with Gasteiger partial charge in [0.15, 0.2) is 0 Å². The van der Waals surface area contributed by atoms with E-state index in [9.17, 15) is 14.4 Å². The van der Waals surface area contributed by atoms with Gasteiger partial charge in [-0.2, -0.15) is 0 Å². The van der Waals surface area contributed by atoms with E-state index in [0.717, 1.165) is 25.7 Å². The quantitative estimate of drug-likeness (QED) is 0.554. The molecule has 0 aromatic rings. The smallest absolute Gasteiger partial charge is 0.310 e. The Labute approximate surface area is 145 Å². The van der Waals surface area contributed by atoms with Gasteiger partial charge in [0.25, 0.3) is 0 Å². The molecule has 11 unspecified atom stereocenters. The van der Waals surface area contributed by atoms with E-state index in [1.54, 1.807) is 0 Å². The van der Waals surface area contributed by atoms with Crippen LogP contribution in [-0.4, -0.2) is 36.2 Å². The highest BCUT2D eigenvalue weighted by atomic mass is 16.6. The number of rotatable bonds is 2. The summed E-state index contributed by atoms with van der Waals surface area (Å²) in [5.41, 5.74) is 0. The van der Waals surface area contributed by atoms with Crippen molar-refractivity contribution in [1.82, 2.24) is 0 Å². The van der Waals surface area contributed by atoms with Gasteiger partial charge in [-0.3, -0.25) is 14.4 Å². The molecule has 4 bridgehead atoms. The third kappa shape index (κ3) is 1.69. The highest BCUT2D eigenvalue weighted by molar-refractivity contribution is 5.86. The van der Waals surface area contributed by atoms with Crippen LogP contribution in [0, 0.1) is 47.3 Å². The second-order valence-corrected chi connectivity index (χ2v) is 9.10. The fourth-order valence-electron chi connectivity index (χ4n) is 7.18. The zero-order chi connectivity index (χ0) is 17.0. The van der Waals surface area contributed by atoms with E-state index in [0.29, 0.717) is 5.92 Å². The van der Waals surface area contributed by atoms with Crippen molar-refractivity contribution in [2.45, 2.75) is 50.9 Å². The van der Waals surface area contributed by atoms with Gasteiger partial charge in [-0.15, -0.1) is 0 Å². The third-order valence-corrected chi connectivity index (χ3v) is 8.15. The van der Waals surface area contributed by atoms with E-state index < -0.39 is 0 Å². The van der Waals surface area contributed by atoms with Crippen LogP contribution in [0.15, 0.2) is 0 Å². The molecular formula is C19H22O6. The van der Waals surface area contributed by atoms with E-state index >= 15 is 0 Å². The number of carbonyl (C=O) groups excluding carboxylic acids is 3. The topological polar surface area (TPSA) is 78.9 Å². The van der Waals surface area contributed by atoms with Gasteiger partial charge in [0, 0.05) is 11.8 Å². The average molecular weight is 346 g/mol. The van der Waals surface area contributed by atoms with Gasteiger partial charge >= 0.3 is 17.9 Å². The number of ether oxygens (including phenoxy) is 3. The van der Waals surface area contributed by atoms with Gasteiger partial charge in [0.2, 0.25) is 0 Å². The summed E-state index contributed by atoms with van der Waals surface area (Å²) < 4.78 is 17.0. The zero-order valence-corrected chi connectivity index (χ0v) is 14.1. The SMILES string of the molecule is CC1C2CC3C1OC(=O)C3C2C(=O)OC1CC2CC3C(=O)OC1C3C2. The Morgan fingerprint density at radius 2 is 1.76 bits per heavy atom. The van der Waals surface area contributed by atoms with E-state index in [2.05, 4.69) is 6.92 Å². The van der Waals surface area contributed by atoms with Crippen LogP contribution < -0.4 is 0 Å². The van der Waals surface area contributed by atoms with Gasteiger partial charge in [-0.05, 0) is 43.4 Å². The molecule has 0 amide bonds. The van der Waals surface area contributed by atoms with E-state index in [1.807, 2.05) is 0 Å². The Balaban J connectivity index is 1.24. The summed E-state index contributed by atoms with van der Waals surface area (Å²) in [5.74, 6) is -0.0499. The number of hydrogen-bond acceptors (Lipinski definition) is 6. The highest BCUT2D eigenvalue weighted by Gasteiger charge is 2.68. The summed E-state index contributed by atoms with van der Waals surface area (Å²) in [6.07, 6.45) is 2.93. The summed E-state index contributed by atoms with van der Waals surface area (Å²) in [4.78, 5) is 37.2. The molecular weight excluding hydrogens is 324 g/mol. The Morgan fingerprint density at radius 3 is 2.60 bits per heavy atom. The van der Waals surface area contributed by atoms with Gasteiger partial charge in [0.05, 0.1) is 17.8 Å². The molecule has 2 heterocycles. The van der Waals surface area contributed by atoms with Crippen molar-refractivity contribution in [3.05, 3.63) is 0 Å². The summed E-state index contributed by atoms with van der Waals surface area (Å²) in [7, 11) is 0. The monoisotopic (exact) mass is 346 g/mol. The lowest BCUT2D eigenvalue weighted by Crippen LogP contribution is -2.44. The van der Waals surface area contributed by atoms with E-state index in [4.69, 9.17) is 14.2 Å². The summed E-state index contributed by atoms with van der Waals surface area (Å²) in [6, 6.07) is 0. The Bertz CT molecular complexity index is 687. The fourth-order valence-corrected chi connectivity index (χ4v) is 7.18. The molecule has 6 rings (SSSR count). The minimum atomic E-state index is -0.376. The molecule has 6 nitrogen and oxygen atoms in total. The number of fused-ring (bicyclic) bond motifs is 2. The summed E-state index contributed by atoms with van der Waals surface area (Å²) in [6.45, 7) is 2.08. The Morgan fingerprint density at radius 1 is 0.960 bits per heavy atom. The first-order valence-corrected chi connectivity index (χ1v) is 9.64.